The second kappa shape index (κ2) is 3.45. The van der Waals surface area contributed by atoms with Crippen molar-refractivity contribution in [3.63, 3.8) is 0 Å². The Morgan fingerprint density at radius 3 is 2.92 bits per heavy atom. The molecule has 2 N–H and O–H groups in total. The molecule has 0 unspecified atom stereocenters. The number of nitrogens with one attached hydrogen (secondary N) is 1. The van der Waals surface area contributed by atoms with E-state index in [2.05, 4.69) is 9.97 Å². The maximum absolute atomic E-state index is 10.6. The van der Waals surface area contributed by atoms with E-state index < -0.39 is 5.97 Å². The summed E-state index contributed by atoms with van der Waals surface area (Å²) in [6, 6.07) is 3.44. The summed E-state index contributed by atoms with van der Waals surface area (Å²) in [5, 5.41) is 9.37. The van der Waals surface area contributed by atoms with E-state index in [9.17, 15) is 4.79 Å². The Balaban J connectivity index is 0.000000845. The summed E-state index contributed by atoms with van der Waals surface area (Å²) in [6.45, 7) is 0. The maximum Gasteiger partial charge on any atom is 0.355 e. The van der Waals surface area contributed by atoms with Crippen molar-refractivity contribution in [1.82, 2.24) is 9.97 Å². The predicted octanol–water partition coefficient (Wildman–Crippen LogP) is 1.68. The lowest BCUT2D eigenvalue weighted by molar-refractivity contribution is 0.0693. The van der Waals surface area contributed by atoms with Gasteiger partial charge in [-0.1, -0.05) is 0 Å². The SMILES string of the molecule is Cl.O=C(O)c1nccc2[nH]ccc12. The Hall–Kier alpha value is -1.55. The number of rotatable bonds is 1. The lowest BCUT2D eigenvalue weighted by atomic mass is 10.2. The minimum atomic E-state index is -1.000. The normalized spacial score (nSPS) is 9.54. The van der Waals surface area contributed by atoms with Gasteiger partial charge in [0, 0.05) is 23.3 Å². The van der Waals surface area contributed by atoms with Crippen LogP contribution in [0.2, 0.25) is 0 Å². The third-order valence-corrected chi connectivity index (χ3v) is 1.68. The highest BCUT2D eigenvalue weighted by molar-refractivity contribution is 6.00. The zero-order valence-corrected chi connectivity index (χ0v) is 7.34. The molecule has 0 fully saturated rings. The zero-order valence-electron chi connectivity index (χ0n) is 6.52. The Labute approximate surface area is 80.0 Å². The number of pyridine rings is 1. The summed E-state index contributed by atoms with van der Waals surface area (Å²) >= 11 is 0. The van der Waals surface area contributed by atoms with Crippen molar-refractivity contribution >= 4 is 29.3 Å². The molecule has 0 atom stereocenters. The Bertz CT molecular complexity index is 438. The molecule has 0 aliphatic carbocycles. The number of carboxylic acids is 1. The fraction of sp³-hybridized carbons (Fsp3) is 0. The van der Waals surface area contributed by atoms with Crippen LogP contribution in [0.3, 0.4) is 0 Å². The van der Waals surface area contributed by atoms with Crippen molar-refractivity contribution in [2.75, 3.05) is 0 Å². The van der Waals surface area contributed by atoms with E-state index in [0.717, 1.165) is 5.52 Å². The van der Waals surface area contributed by atoms with Crippen LogP contribution < -0.4 is 0 Å². The molecule has 0 aliphatic rings. The Kier molecular flexibility index (Phi) is 2.53. The summed E-state index contributed by atoms with van der Waals surface area (Å²) in [5.74, 6) is -1.000. The molecule has 0 bridgehead atoms. The first-order chi connectivity index (χ1) is 5.79. The number of aromatic nitrogens is 2. The van der Waals surface area contributed by atoms with E-state index in [4.69, 9.17) is 5.11 Å². The molecule has 0 saturated carbocycles. The number of hydrogen-bond acceptors (Lipinski definition) is 2. The van der Waals surface area contributed by atoms with E-state index in [1.54, 1.807) is 18.3 Å². The third kappa shape index (κ3) is 1.48. The van der Waals surface area contributed by atoms with Gasteiger partial charge in [-0.25, -0.2) is 9.78 Å². The van der Waals surface area contributed by atoms with Crippen molar-refractivity contribution in [2.24, 2.45) is 0 Å². The van der Waals surface area contributed by atoms with E-state index >= 15 is 0 Å². The topological polar surface area (TPSA) is 66.0 Å². The number of carboxylic acid groups (broad SMARTS) is 1. The van der Waals surface area contributed by atoms with Crippen molar-refractivity contribution in [2.45, 2.75) is 0 Å². The summed E-state index contributed by atoms with van der Waals surface area (Å²) in [6.07, 6.45) is 3.17. The number of carbonyl (C=O) groups is 1. The van der Waals surface area contributed by atoms with Crippen LogP contribution in [0, 0.1) is 0 Å². The molecule has 68 valence electrons. The number of hydrogen-bond donors (Lipinski definition) is 2. The summed E-state index contributed by atoms with van der Waals surface area (Å²) in [5.41, 5.74) is 0.885. The fourth-order valence-corrected chi connectivity index (χ4v) is 1.15. The standard InChI is InChI=1S/C8H6N2O2.ClH/c11-8(12)7-5-1-3-9-6(5)2-4-10-7;/h1-4,9H,(H,11,12);1H. The molecule has 2 aromatic rings. The highest BCUT2D eigenvalue weighted by Gasteiger charge is 2.08. The van der Waals surface area contributed by atoms with Gasteiger partial charge in [0.2, 0.25) is 0 Å². The first-order valence-electron chi connectivity index (χ1n) is 3.44. The molecule has 0 saturated heterocycles. The van der Waals surface area contributed by atoms with Crippen molar-refractivity contribution in [3.05, 3.63) is 30.2 Å². The summed E-state index contributed by atoms with van der Waals surface area (Å²) < 4.78 is 0. The van der Waals surface area contributed by atoms with Gasteiger partial charge in [-0.15, -0.1) is 12.4 Å². The lowest BCUT2D eigenvalue weighted by Gasteiger charge is -1.93. The van der Waals surface area contributed by atoms with Gasteiger partial charge in [-0.2, -0.15) is 0 Å². The van der Waals surface area contributed by atoms with Gasteiger partial charge >= 0.3 is 5.97 Å². The highest BCUT2D eigenvalue weighted by Crippen LogP contribution is 2.14. The summed E-state index contributed by atoms with van der Waals surface area (Å²) in [4.78, 5) is 17.3. The number of fused-ring (bicyclic) bond motifs is 1. The zero-order chi connectivity index (χ0) is 8.55. The van der Waals surface area contributed by atoms with Gasteiger partial charge in [0.05, 0.1) is 0 Å². The first kappa shape index (κ1) is 9.54. The second-order valence-electron chi connectivity index (χ2n) is 2.40. The van der Waals surface area contributed by atoms with Gasteiger partial charge in [0.15, 0.2) is 5.69 Å². The first-order valence-corrected chi connectivity index (χ1v) is 3.44. The van der Waals surface area contributed by atoms with Crippen LogP contribution in [0.25, 0.3) is 10.9 Å². The lowest BCUT2D eigenvalue weighted by Crippen LogP contribution is -1.99. The number of nitrogens with zero attached hydrogens (tertiary/aromatic N) is 1. The van der Waals surface area contributed by atoms with Crippen LogP contribution in [0.15, 0.2) is 24.5 Å². The number of halogens is 1. The predicted molar refractivity (Wildman–Crippen MR) is 50.3 cm³/mol. The maximum atomic E-state index is 10.6. The van der Waals surface area contributed by atoms with Crippen molar-refractivity contribution in [1.29, 1.82) is 0 Å². The molecule has 5 heteroatoms. The van der Waals surface area contributed by atoms with Crippen molar-refractivity contribution in [3.8, 4) is 0 Å². The highest BCUT2D eigenvalue weighted by atomic mass is 35.5. The van der Waals surface area contributed by atoms with E-state index in [0.29, 0.717) is 5.39 Å². The minimum absolute atomic E-state index is 0. The molecule has 0 amide bonds. The van der Waals surface area contributed by atoms with E-state index in [1.165, 1.54) is 6.20 Å². The number of aromatic carboxylic acids is 1. The Morgan fingerprint density at radius 2 is 2.23 bits per heavy atom. The van der Waals surface area contributed by atoms with Gasteiger partial charge in [-0.3, -0.25) is 0 Å². The number of H-pyrrole nitrogens is 1. The molecule has 2 aromatic heterocycles. The van der Waals surface area contributed by atoms with E-state index in [1.807, 2.05) is 0 Å². The molecule has 4 nitrogen and oxygen atoms in total. The molecular formula is C8H7ClN2O2. The summed E-state index contributed by atoms with van der Waals surface area (Å²) in [7, 11) is 0. The molecule has 0 spiro atoms. The van der Waals surface area contributed by atoms with Crippen molar-refractivity contribution < 1.29 is 9.90 Å². The quantitative estimate of drug-likeness (QED) is 0.733. The van der Waals surface area contributed by atoms with Crippen LogP contribution in [-0.4, -0.2) is 21.0 Å². The van der Waals surface area contributed by atoms with Gasteiger partial charge in [-0.05, 0) is 12.1 Å². The smallest absolute Gasteiger partial charge is 0.355 e. The van der Waals surface area contributed by atoms with Gasteiger partial charge in [0.25, 0.3) is 0 Å². The van der Waals surface area contributed by atoms with Crippen LogP contribution in [0.5, 0.6) is 0 Å². The van der Waals surface area contributed by atoms with E-state index in [-0.39, 0.29) is 18.1 Å². The van der Waals surface area contributed by atoms with Crippen LogP contribution >= 0.6 is 12.4 Å². The average molecular weight is 199 g/mol. The van der Waals surface area contributed by atoms with Crippen LogP contribution in [0.1, 0.15) is 10.5 Å². The molecule has 13 heavy (non-hydrogen) atoms. The molecule has 0 radical (unpaired) electrons. The third-order valence-electron chi connectivity index (χ3n) is 1.68. The van der Waals surface area contributed by atoms with Gasteiger partial charge in [0.1, 0.15) is 0 Å². The monoisotopic (exact) mass is 198 g/mol. The minimum Gasteiger partial charge on any atom is -0.476 e. The number of aromatic amines is 1. The largest absolute Gasteiger partial charge is 0.476 e. The molecule has 2 heterocycles. The van der Waals surface area contributed by atoms with Gasteiger partial charge < -0.3 is 10.1 Å². The van der Waals surface area contributed by atoms with Crippen LogP contribution in [0.4, 0.5) is 0 Å². The molecule has 0 aromatic carbocycles. The Morgan fingerprint density at radius 1 is 1.46 bits per heavy atom. The fourth-order valence-electron chi connectivity index (χ4n) is 1.15. The molecule has 2 rings (SSSR count). The molecule has 0 aliphatic heterocycles. The molecular weight excluding hydrogens is 192 g/mol. The average Bonchev–Trinajstić information content (AvgIpc) is 2.49. The second-order valence-corrected chi connectivity index (χ2v) is 2.40. The van der Waals surface area contributed by atoms with Crippen LogP contribution in [-0.2, 0) is 0 Å².